The third-order valence-electron chi connectivity index (χ3n) is 7.57. The number of aromatic nitrogens is 6. The molecule has 2 aliphatic heterocycles. The molecule has 11 nitrogen and oxygen atoms in total. The first-order valence-electron chi connectivity index (χ1n) is 13.8. The van der Waals surface area contributed by atoms with E-state index in [1.165, 1.54) is 7.11 Å². The molecule has 5 heterocycles. The van der Waals surface area contributed by atoms with Gasteiger partial charge in [0.25, 0.3) is 0 Å². The van der Waals surface area contributed by atoms with Crippen LogP contribution in [0.25, 0.3) is 11.3 Å². The maximum Gasteiger partial charge on any atom is 0.305 e. The lowest BCUT2D eigenvalue weighted by Gasteiger charge is -2.31. The maximum atomic E-state index is 11.7. The molecule has 0 unspecified atom stereocenters. The van der Waals surface area contributed by atoms with Crippen LogP contribution in [0.1, 0.15) is 30.7 Å². The summed E-state index contributed by atoms with van der Waals surface area (Å²) in [6.45, 7) is 4.62. The number of carbonyl (C=O) groups is 1. The SMILES string of the molecule is COC(=O)CC1CCN(Cc2cc(Oc3cnc(N4CCn5cnnc5C4)nc3)nc(-c3cc(Cl)cc(Cl)c3)c2)CC1. The van der Waals surface area contributed by atoms with Crippen molar-refractivity contribution in [1.82, 2.24) is 34.6 Å². The van der Waals surface area contributed by atoms with Gasteiger partial charge in [0.2, 0.25) is 11.8 Å². The Labute approximate surface area is 253 Å². The standard InChI is InChI=1S/C29H30Cl2N8O3/c1-41-28(40)10-19-2-4-37(5-3-19)16-20-8-25(21-11-22(30)13-23(31)12-21)35-27(9-20)42-24-14-32-29(33-15-24)38-6-7-39-18-34-36-26(39)17-38/h8-9,11-15,18-19H,2-7,10,16-17H2,1H3. The van der Waals surface area contributed by atoms with Crippen molar-refractivity contribution in [2.45, 2.75) is 38.9 Å². The van der Waals surface area contributed by atoms with E-state index in [0.29, 0.717) is 58.7 Å². The highest BCUT2D eigenvalue weighted by Gasteiger charge is 2.23. The highest BCUT2D eigenvalue weighted by atomic mass is 35.5. The van der Waals surface area contributed by atoms with Gasteiger partial charge in [0, 0.05) is 47.7 Å². The van der Waals surface area contributed by atoms with Gasteiger partial charge >= 0.3 is 5.97 Å². The second-order valence-corrected chi connectivity index (χ2v) is 11.4. The van der Waals surface area contributed by atoms with E-state index in [2.05, 4.69) is 30.0 Å². The number of methoxy groups -OCH3 is 1. The van der Waals surface area contributed by atoms with Gasteiger partial charge in [-0.3, -0.25) is 9.69 Å². The number of fused-ring (bicyclic) bond motifs is 1. The molecule has 1 fully saturated rings. The lowest BCUT2D eigenvalue weighted by atomic mass is 9.93. The smallest absolute Gasteiger partial charge is 0.305 e. The summed E-state index contributed by atoms with van der Waals surface area (Å²) in [6, 6.07) is 9.32. The van der Waals surface area contributed by atoms with Gasteiger partial charge in [-0.2, -0.15) is 0 Å². The number of rotatable bonds is 8. The number of carbonyl (C=O) groups excluding carboxylic acids is 1. The molecule has 0 N–H and O–H groups in total. The number of pyridine rings is 1. The molecule has 0 atom stereocenters. The summed E-state index contributed by atoms with van der Waals surface area (Å²) < 4.78 is 13.1. The van der Waals surface area contributed by atoms with Crippen LogP contribution in [-0.2, 0) is 29.2 Å². The second kappa shape index (κ2) is 12.6. The molecule has 6 rings (SSSR count). The average Bonchev–Trinajstić information content (AvgIpc) is 3.46. The number of likely N-dealkylation sites (tertiary alicyclic amines) is 1. The number of piperidine rings is 1. The largest absolute Gasteiger partial charge is 0.469 e. The van der Waals surface area contributed by atoms with Crippen LogP contribution in [0, 0.1) is 5.92 Å². The van der Waals surface area contributed by atoms with Crippen LogP contribution in [0.5, 0.6) is 11.6 Å². The van der Waals surface area contributed by atoms with Crippen LogP contribution in [-0.4, -0.2) is 67.3 Å². The fraction of sp³-hybridized carbons (Fsp3) is 0.379. The van der Waals surface area contributed by atoms with E-state index < -0.39 is 0 Å². The van der Waals surface area contributed by atoms with Crippen molar-refractivity contribution < 1.29 is 14.3 Å². The summed E-state index contributed by atoms with van der Waals surface area (Å²) in [5.41, 5.74) is 2.52. The number of anilines is 1. The number of hydrogen-bond acceptors (Lipinski definition) is 10. The minimum absolute atomic E-state index is 0.147. The Kier molecular flexibility index (Phi) is 8.50. The predicted molar refractivity (Wildman–Crippen MR) is 158 cm³/mol. The average molecular weight is 610 g/mol. The first-order valence-corrected chi connectivity index (χ1v) is 14.6. The van der Waals surface area contributed by atoms with Crippen molar-refractivity contribution in [2.75, 3.05) is 31.6 Å². The van der Waals surface area contributed by atoms with Crippen LogP contribution in [0.4, 0.5) is 5.95 Å². The van der Waals surface area contributed by atoms with Gasteiger partial charge in [0.05, 0.1) is 31.7 Å². The fourth-order valence-corrected chi connectivity index (χ4v) is 5.89. The Balaban J connectivity index is 1.19. The first kappa shape index (κ1) is 28.3. The predicted octanol–water partition coefficient (Wildman–Crippen LogP) is 5.02. The van der Waals surface area contributed by atoms with Gasteiger partial charge in [-0.25, -0.2) is 15.0 Å². The molecule has 1 saturated heterocycles. The van der Waals surface area contributed by atoms with E-state index in [9.17, 15) is 4.79 Å². The third kappa shape index (κ3) is 6.80. The van der Waals surface area contributed by atoms with Gasteiger partial charge in [0.1, 0.15) is 6.33 Å². The van der Waals surface area contributed by atoms with Gasteiger partial charge in [-0.15, -0.1) is 10.2 Å². The molecular formula is C29H30Cl2N8O3. The maximum absolute atomic E-state index is 11.7. The number of esters is 1. The Morgan fingerprint density at radius 3 is 2.50 bits per heavy atom. The molecule has 0 amide bonds. The first-order chi connectivity index (χ1) is 20.4. The van der Waals surface area contributed by atoms with Crippen molar-refractivity contribution in [3.05, 3.63) is 70.5 Å². The van der Waals surface area contributed by atoms with Crippen molar-refractivity contribution in [3.8, 4) is 22.9 Å². The summed E-state index contributed by atoms with van der Waals surface area (Å²) >= 11 is 12.6. The molecule has 13 heteroatoms. The molecule has 0 aliphatic carbocycles. The van der Waals surface area contributed by atoms with Crippen LogP contribution in [0.3, 0.4) is 0 Å². The number of ether oxygens (including phenoxy) is 2. The monoisotopic (exact) mass is 608 g/mol. The molecule has 218 valence electrons. The molecule has 42 heavy (non-hydrogen) atoms. The number of nitrogens with zero attached hydrogens (tertiary/aromatic N) is 8. The van der Waals surface area contributed by atoms with E-state index >= 15 is 0 Å². The summed E-state index contributed by atoms with van der Waals surface area (Å²) in [7, 11) is 1.44. The number of hydrogen-bond donors (Lipinski definition) is 0. The molecule has 3 aromatic heterocycles. The summed E-state index contributed by atoms with van der Waals surface area (Å²) in [5.74, 6) is 2.58. The van der Waals surface area contributed by atoms with E-state index in [0.717, 1.165) is 56.0 Å². The zero-order chi connectivity index (χ0) is 29.1. The molecule has 4 aromatic rings. The number of benzene rings is 1. The summed E-state index contributed by atoms with van der Waals surface area (Å²) in [6.07, 6.45) is 7.40. The molecule has 0 spiro atoms. The fourth-order valence-electron chi connectivity index (χ4n) is 5.36. The van der Waals surface area contributed by atoms with Crippen LogP contribution < -0.4 is 9.64 Å². The van der Waals surface area contributed by atoms with Crippen molar-refractivity contribution >= 4 is 35.1 Å². The normalized spacial score (nSPS) is 15.8. The van der Waals surface area contributed by atoms with Crippen molar-refractivity contribution in [1.29, 1.82) is 0 Å². The van der Waals surface area contributed by atoms with E-state index in [1.807, 2.05) is 28.8 Å². The molecular weight excluding hydrogens is 579 g/mol. The topological polar surface area (TPSA) is 111 Å². The zero-order valence-corrected chi connectivity index (χ0v) is 24.6. The lowest BCUT2D eigenvalue weighted by Crippen LogP contribution is -2.34. The number of halogens is 2. The van der Waals surface area contributed by atoms with Gasteiger partial charge in [0.15, 0.2) is 11.6 Å². The van der Waals surface area contributed by atoms with Gasteiger partial charge in [-0.05, 0) is 61.7 Å². The highest BCUT2D eigenvalue weighted by Crippen LogP contribution is 2.31. The Morgan fingerprint density at radius 1 is 1.00 bits per heavy atom. The highest BCUT2D eigenvalue weighted by molar-refractivity contribution is 6.35. The molecule has 0 saturated carbocycles. The zero-order valence-electron chi connectivity index (χ0n) is 23.1. The van der Waals surface area contributed by atoms with Crippen molar-refractivity contribution in [3.63, 3.8) is 0 Å². The van der Waals surface area contributed by atoms with Crippen molar-refractivity contribution in [2.24, 2.45) is 5.92 Å². The third-order valence-corrected chi connectivity index (χ3v) is 8.01. The summed E-state index contributed by atoms with van der Waals surface area (Å²) in [5, 5.41) is 9.19. The molecule has 0 bridgehead atoms. The Morgan fingerprint density at radius 2 is 1.76 bits per heavy atom. The van der Waals surface area contributed by atoms with Crippen LogP contribution in [0.2, 0.25) is 10.0 Å². The minimum Gasteiger partial charge on any atom is -0.469 e. The van der Waals surface area contributed by atoms with E-state index in [-0.39, 0.29) is 5.97 Å². The summed E-state index contributed by atoms with van der Waals surface area (Å²) in [4.78, 5) is 30.0. The Hall–Kier alpha value is -3.80. The second-order valence-electron chi connectivity index (χ2n) is 10.5. The molecule has 2 aliphatic rings. The van der Waals surface area contributed by atoms with Gasteiger partial charge in [-0.1, -0.05) is 23.2 Å². The molecule has 1 aromatic carbocycles. The Bertz CT molecular complexity index is 1540. The molecule has 0 radical (unpaired) electrons. The minimum atomic E-state index is -0.147. The van der Waals surface area contributed by atoms with E-state index in [1.54, 1.807) is 24.8 Å². The van der Waals surface area contributed by atoms with Crippen LogP contribution >= 0.6 is 23.2 Å². The van der Waals surface area contributed by atoms with Crippen LogP contribution in [0.15, 0.2) is 49.1 Å². The van der Waals surface area contributed by atoms with Gasteiger partial charge < -0.3 is 18.9 Å². The van der Waals surface area contributed by atoms with E-state index in [4.69, 9.17) is 37.7 Å². The quantitative estimate of drug-likeness (QED) is 0.253. The lowest BCUT2D eigenvalue weighted by molar-refractivity contribution is -0.142.